The molecule has 0 amide bonds. The molecule has 20 heavy (non-hydrogen) atoms. The molecule has 3 heterocycles. The quantitative estimate of drug-likeness (QED) is 0.524. The van der Waals surface area contributed by atoms with Crippen molar-refractivity contribution in [3.63, 3.8) is 0 Å². The number of aromatic nitrogens is 5. The van der Waals surface area contributed by atoms with E-state index in [-0.39, 0.29) is 5.43 Å². The van der Waals surface area contributed by atoms with Gasteiger partial charge in [0.2, 0.25) is 5.43 Å². The molecule has 3 aromatic heterocycles. The van der Waals surface area contributed by atoms with Gasteiger partial charge in [-0.1, -0.05) is 12.1 Å². The number of nitrogens with one attached hydrogen (secondary N) is 1. The maximum absolute atomic E-state index is 12.3. The first-order chi connectivity index (χ1) is 9.83. The van der Waals surface area contributed by atoms with Gasteiger partial charge in [0, 0.05) is 11.8 Å². The predicted octanol–water partition coefficient (Wildman–Crippen LogP) is 1.52. The van der Waals surface area contributed by atoms with Gasteiger partial charge in [-0.2, -0.15) is 0 Å². The van der Waals surface area contributed by atoms with Gasteiger partial charge in [0.1, 0.15) is 5.58 Å². The molecule has 96 valence electrons. The van der Waals surface area contributed by atoms with E-state index in [1.807, 2.05) is 6.07 Å². The SMILES string of the molecule is O=c1c2ccccc2oc2cc(-c3nnn[nH]3)cnc12. The summed E-state index contributed by atoms with van der Waals surface area (Å²) >= 11 is 0. The van der Waals surface area contributed by atoms with Gasteiger partial charge in [0.25, 0.3) is 0 Å². The van der Waals surface area contributed by atoms with E-state index in [0.717, 1.165) is 0 Å². The molecule has 7 nitrogen and oxygen atoms in total. The second kappa shape index (κ2) is 3.95. The smallest absolute Gasteiger partial charge is 0.218 e. The summed E-state index contributed by atoms with van der Waals surface area (Å²) in [5, 5.41) is 14.0. The Labute approximate surface area is 111 Å². The number of hydrogen-bond acceptors (Lipinski definition) is 6. The Balaban J connectivity index is 2.08. The van der Waals surface area contributed by atoms with Gasteiger partial charge in [-0.15, -0.1) is 5.10 Å². The molecule has 0 saturated heterocycles. The van der Waals surface area contributed by atoms with E-state index in [2.05, 4.69) is 25.6 Å². The van der Waals surface area contributed by atoms with E-state index in [1.165, 1.54) is 6.20 Å². The van der Waals surface area contributed by atoms with Crippen LogP contribution in [0.25, 0.3) is 33.5 Å². The van der Waals surface area contributed by atoms with E-state index in [0.29, 0.717) is 33.5 Å². The van der Waals surface area contributed by atoms with Gasteiger partial charge in [-0.25, -0.2) is 10.1 Å². The van der Waals surface area contributed by atoms with Gasteiger partial charge in [-0.05, 0) is 28.6 Å². The van der Waals surface area contributed by atoms with E-state index >= 15 is 0 Å². The topological polar surface area (TPSA) is 97.6 Å². The monoisotopic (exact) mass is 265 g/mol. The van der Waals surface area contributed by atoms with Crippen molar-refractivity contribution < 1.29 is 4.42 Å². The van der Waals surface area contributed by atoms with Gasteiger partial charge >= 0.3 is 0 Å². The normalized spacial score (nSPS) is 11.2. The van der Waals surface area contributed by atoms with Gasteiger partial charge < -0.3 is 4.42 Å². The van der Waals surface area contributed by atoms with Crippen molar-refractivity contribution in [3.8, 4) is 11.4 Å². The number of tetrazole rings is 1. The number of rotatable bonds is 1. The molecule has 0 unspecified atom stereocenters. The van der Waals surface area contributed by atoms with Crippen LogP contribution in [-0.2, 0) is 0 Å². The lowest BCUT2D eigenvalue weighted by Crippen LogP contribution is -2.04. The number of aromatic amines is 1. The Kier molecular flexibility index (Phi) is 2.13. The van der Waals surface area contributed by atoms with Crippen LogP contribution in [0.4, 0.5) is 0 Å². The van der Waals surface area contributed by atoms with Gasteiger partial charge in [0.15, 0.2) is 16.9 Å². The third kappa shape index (κ3) is 1.50. The molecule has 0 aliphatic carbocycles. The molecule has 4 rings (SSSR count). The van der Waals surface area contributed by atoms with Crippen molar-refractivity contribution in [3.05, 3.63) is 46.8 Å². The minimum absolute atomic E-state index is 0.149. The molecule has 0 aliphatic rings. The van der Waals surface area contributed by atoms with Crippen molar-refractivity contribution in [2.24, 2.45) is 0 Å². The van der Waals surface area contributed by atoms with E-state index in [1.54, 1.807) is 24.3 Å². The van der Waals surface area contributed by atoms with Crippen molar-refractivity contribution in [2.75, 3.05) is 0 Å². The third-order valence-electron chi connectivity index (χ3n) is 3.04. The summed E-state index contributed by atoms with van der Waals surface area (Å²) in [6, 6.07) is 8.77. The highest BCUT2D eigenvalue weighted by Crippen LogP contribution is 2.21. The number of nitrogens with zero attached hydrogens (tertiary/aromatic N) is 4. The van der Waals surface area contributed by atoms with Crippen LogP contribution in [0.2, 0.25) is 0 Å². The Bertz CT molecular complexity index is 975. The maximum Gasteiger partial charge on any atom is 0.218 e. The van der Waals surface area contributed by atoms with Crippen LogP contribution in [0.3, 0.4) is 0 Å². The first-order valence-corrected chi connectivity index (χ1v) is 5.88. The first kappa shape index (κ1) is 10.8. The number of hydrogen-bond donors (Lipinski definition) is 1. The lowest BCUT2D eigenvalue weighted by atomic mass is 10.2. The van der Waals surface area contributed by atoms with Crippen LogP contribution in [0.5, 0.6) is 0 Å². The Morgan fingerprint density at radius 1 is 1.15 bits per heavy atom. The highest BCUT2D eigenvalue weighted by atomic mass is 16.3. The average Bonchev–Trinajstić information content (AvgIpc) is 3.01. The summed E-state index contributed by atoms with van der Waals surface area (Å²) in [5.74, 6) is 0.468. The molecular weight excluding hydrogens is 258 g/mol. The fourth-order valence-corrected chi connectivity index (χ4v) is 2.09. The minimum Gasteiger partial charge on any atom is -0.454 e. The lowest BCUT2D eigenvalue weighted by molar-refractivity contribution is 0.658. The molecule has 1 N–H and O–H groups in total. The molecule has 0 bridgehead atoms. The lowest BCUT2D eigenvalue weighted by Gasteiger charge is -2.01. The zero-order valence-electron chi connectivity index (χ0n) is 10.1. The van der Waals surface area contributed by atoms with Crippen molar-refractivity contribution in [1.82, 2.24) is 25.6 Å². The fraction of sp³-hybridized carbons (Fsp3) is 0. The summed E-state index contributed by atoms with van der Waals surface area (Å²) in [6.45, 7) is 0. The Morgan fingerprint density at radius 2 is 2.05 bits per heavy atom. The van der Waals surface area contributed by atoms with E-state index < -0.39 is 0 Å². The number of para-hydroxylation sites is 1. The molecule has 0 fully saturated rings. The fourth-order valence-electron chi connectivity index (χ4n) is 2.09. The second-order valence-electron chi connectivity index (χ2n) is 4.25. The van der Waals surface area contributed by atoms with E-state index in [4.69, 9.17) is 4.42 Å². The second-order valence-corrected chi connectivity index (χ2v) is 4.25. The summed E-state index contributed by atoms with van der Waals surface area (Å²) < 4.78 is 5.72. The summed E-state index contributed by atoms with van der Waals surface area (Å²) in [4.78, 5) is 16.5. The van der Waals surface area contributed by atoms with Crippen molar-refractivity contribution in [2.45, 2.75) is 0 Å². The number of fused-ring (bicyclic) bond motifs is 2. The highest BCUT2D eigenvalue weighted by molar-refractivity contribution is 5.88. The first-order valence-electron chi connectivity index (χ1n) is 5.88. The van der Waals surface area contributed by atoms with E-state index in [9.17, 15) is 4.79 Å². The minimum atomic E-state index is -0.149. The number of H-pyrrole nitrogens is 1. The molecule has 1 aromatic carbocycles. The summed E-state index contributed by atoms with van der Waals surface area (Å²) in [7, 11) is 0. The van der Waals surface area contributed by atoms with Gasteiger partial charge in [0.05, 0.1) is 5.39 Å². The molecule has 0 atom stereocenters. The van der Waals surface area contributed by atoms with Crippen LogP contribution in [0.1, 0.15) is 0 Å². The van der Waals surface area contributed by atoms with Crippen LogP contribution < -0.4 is 5.43 Å². The summed E-state index contributed by atoms with van der Waals surface area (Å²) in [6.07, 6.45) is 1.54. The van der Waals surface area contributed by atoms with Crippen molar-refractivity contribution in [1.29, 1.82) is 0 Å². The average molecular weight is 265 g/mol. The molecular formula is C13H7N5O2. The van der Waals surface area contributed by atoms with Crippen LogP contribution in [0.15, 0.2) is 45.7 Å². The van der Waals surface area contributed by atoms with Gasteiger partial charge in [-0.3, -0.25) is 4.79 Å². The highest BCUT2D eigenvalue weighted by Gasteiger charge is 2.11. The zero-order valence-corrected chi connectivity index (χ0v) is 10.1. The molecule has 0 radical (unpaired) electrons. The molecule has 0 spiro atoms. The summed E-state index contributed by atoms with van der Waals surface area (Å²) in [5.41, 5.74) is 1.73. The molecule has 7 heteroatoms. The molecule has 0 saturated carbocycles. The Morgan fingerprint density at radius 3 is 2.90 bits per heavy atom. The largest absolute Gasteiger partial charge is 0.454 e. The number of pyridine rings is 1. The van der Waals surface area contributed by atoms with Crippen LogP contribution in [0, 0.1) is 0 Å². The maximum atomic E-state index is 12.3. The van der Waals surface area contributed by atoms with Crippen LogP contribution in [-0.4, -0.2) is 25.6 Å². The zero-order chi connectivity index (χ0) is 13.5. The molecule has 0 aliphatic heterocycles. The van der Waals surface area contributed by atoms with Crippen molar-refractivity contribution >= 4 is 22.1 Å². The molecule has 4 aromatic rings. The third-order valence-corrected chi connectivity index (χ3v) is 3.04. The Hall–Kier alpha value is -3.09. The standard InChI is InChI=1S/C13H7N5O2/c19-12-8-3-1-2-4-9(8)20-10-5-7(6-14-11(10)12)13-15-17-18-16-13/h1-6H,(H,15,16,17,18). The number of benzene rings is 1. The predicted molar refractivity (Wildman–Crippen MR) is 71.0 cm³/mol. The van der Waals surface area contributed by atoms with Crippen LogP contribution >= 0.6 is 0 Å².